The molecule has 1 aliphatic rings. The van der Waals surface area contributed by atoms with Gasteiger partial charge in [0.25, 0.3) is 0 Å². The number of alkyl carbamates (subject to hydrolysis) is 1. The minimum Gasteiger partial charge on any atom is -0.492 e. The second kappa shape index (κ2) is 10.6. The fourth-order valence-corrected chi connectivity index (χ4v) is 4.86. The summed E-state index contributed by atoms with van der Waals surface area (Å²) in [6, 6.07) is 3.67. The van der Waals surface area contributed by atoms with Crippen molar-refractivity contribution >= 4 is 27.7 Å². The lowest BCUT2D eigenvalue weighted by Crippen LogP contribution is -2.47. The van der Waals surface area contributed by atoms with Gasteiger partial charge in [0.15, 0.2) is 0 Å². The zero-order valence-corrected chi connectivity index (χ0v) is 18.8. The van der Waals surface area contributed by atoms with Gasteiger partial charge in [-0.1, -0.05) is 13.8 Å². The number of ether oxygens (including phenoxy) is 2. The molecule has 2 amide bonds. The van der Waals surface area contributed by atoms with E-state index in [0.717, 1.165) is 12.8 Å². The van der Waals surface area contributed by atoms with E-state index in [4.69, 9.17) is 9.47 Å². The summed E-state index contributed by atoms with van der Waals surface area (Å²) in [6.07, 6.45) is 0.945. The topological polar surface area (TPSA) is 114 Å². The summed E-state index contributed by atoms with van der Waals surface area (Å²) in [5.41, 5.74) is 0.303. The van der Waals surface area contributed by atoms with Gasteiger partial charge in [-0.15, -0.1) is 0 Å². The van der Waals surface area contributed by atoms with Gasteiger partial charge in [0, 0.05) is 18.8 Å². The molecule has 10 heteroatoms. The number of rotatable bonds is 9. The maximum absolute atomic E-state index is 13.1. The highest BCUT2D eigenvalue weighted by Gasteiger charge is 2.31. The van der Waals surface area contributed by atoms with E-state index in [1.807, 2.05) is 0 Å². The third-order valence-electron chi connectivity index (χ3n) is 4.69. The van der Waals surface area contributed by atoms with E-state index in [2.05, 4.69) is 10.6 Å². The number of hydrogen-bond donors (Lipinski definition) is 2. The summed E-state index contributed by atoms with van der Waals surface area (Å²) in [6.45, 7) is 8.45. The van der Waals surface area contributed by atoms with Crippen LogP contribution in [0, 0.1) is 5.92 Å². The number of nitrogens with one attached hydrogen (secondary N) is 2. The molecule has 2 rings (SSSR count). The van der Waals surface area contributed by atoms with E-state index >= 15 is 0 Å². The van der Waals surface area contributed by atoms with Gasteiger partial charge in [-0.3, -0.25) is 4.79 Å². The summed E-state index contributed by atoms with van der Waals surface area (Å²) in [4.78, 5) is 24.5. The lowest BCUT2D eigenvalue weighted by Gasteiger charge is -2.22. The van der Waals surface area contributed by atoms with Crippen LogP contribution in [-0.2, 0) is 19.6 Å². The Bertz CT molecular complexity index is 850. The SMILES string of the molecule is CCOC(=O)NC(C(=O)Nc1ccc(OCC)c(S(=O)(=O)N2CCCC2)c1)C(C)C. The maximum atomic E-state index is 13.1. The first kappa shape index (κ1) is 23.9. The van der Waals surface area contributed by atoms with E-state index in [0.29, 0.717) is 25.4 Å². The molecule has 30 heavy (non-hydrogen) atoms. The Balaban J connectivity index is 2.29. The zero-order valence-electron chi connectivity index (χ0n) is 17.9. The Labute approximate surface area is 178 Å². The standard InChI is InChI=1S/C20H31N3O6S/c1-5-28-16-10-9-15(13-17(16)30(26,27)23-11-7-8-12-23)21-19(24)18(14(3)4)22-20(25)29-6-2/h9-10,13-14,18H,5-8,11-12H2,1-4H3,(H,21,24)(H,22,25). The van der Waals surface area contributed by atoms with Crippen molar-refractivity contribution in [2.24, 2.45) is 5.92 Å². The minimum absolute atomic E-state index is 0.0171. The van der Waals surface area contributed by atoms with Gasteiger partial charge in [-0.2, -0.15) is 4.31 Å². The number of sulfonamides is 1. The molecule has 1 unspecified atom stereocenters. The predicted molar refractivity (Wildman–Crippen MR) is 113 cm³/mol. The minimum atomic E-state index is -3.75. The number of carbonyl (C=O) groups excluding carboxylic acids is 2. The number of benzene rings is 1. The molecule has 1 aliphatic heterocycles. The van der Waals surface area contributed by atoms with Crippen LogP contribution in [-0.4, -0.2) is 57.1 Å². The third kappa shape index (κ3) is 5.85. The van der Waals surface area contributed by atoms with Crippen molar-refractivity contribution in [1.29, 1.82) is 0 Å². The first-order valence-corrected chi connectivity index (χ1v) is 11.7. The van der Waals surface area contributed by atoms with Crippen LogP contribution >= 0.6 is 0 Å². The molecule has 0 saturated carbocycles. The van der Waals surface area contributed by atoms with E-state index in [1.54, 1.807) is 33.8 Å². The second-order valence-corrected chi connectivity index (χ2v) is 9.19. The van der Waals surface area contributed by atoms with Crippen LogP contribution in [0.4, 0.5) is 10.5 Å². The van der Waals surface area contributed by atoms with E-state index in [9.17, 15) is 18.0 Å². The Morgan fingerprint density at radius 2 is 1.80 bits per heavy atom. The van der Waals surface area contributed by atoms with Crippen LogP contribution in [0.15, 0.2) is 23.1 Å². The molecule has 2 N–H and O–H groups in total. The van der Waals surface area contributed by atoms with Crippen LogP contribution in [0.5, 0.6) is 5.75 Å². The monoisotopic (exact) mass is 441 g/mol. The van der Waals surface area contributed by atoms with Crippen LogP contribution < -0.4 is 15.4 Å². The number of hydrogen-bond acceptors (Lipinski definition) is 6. The van der Waals surface area contributed by atoms with Gasteiger partial charge >= 0.3 is 6.09 Å². The third-order valence-corrected chi connectivity index (χ3v) is 6.61. The normalized spacial score (nSPS) is 15.6. The van der Waals surface area contributed by atoms with Crippen LogP contribution in [0.25, 0.3) is 0 Å². The molecule has 1 aromatic carbocycles. The molecule has 168 valence electrons. The van der Waals surface area contributed by atoms with Crippen molar-refractivity contribution in [3.63, 3.8) is 0 Å². The molecule has 1 saturated heterocycles. The largest absolute Gasteiger partial charge is 0.492 e. The molecule has 1 aromatic rings. The highest BCUT2D eigenvalue weighted by atomic mass is 32.2. The first-order valence-electron chi connectivity index (χ1n) is 10.2. The van der Waals surface area contributed by atoms with Gasteiger partial charge in [-0.05, 0) is 50.8 Å². The van der Waals surface area contributed by atoms with Crippen LogP contribution in [0.3, 0.4) is 0 Å². The van der Waals surface area contributed by atoms with Crippen molar-refractivity contribution < 1.29 is 27.5 Å². The molecule has 1 atom stereocenters. The average molecular weight is 442 g/mol. The molecule has 0 aromatic heterocycles. The molecule has 0 aliphatic carbocycles. The Morgan fingerprint density at radius 1 is 1.13 bits per heavy atom. The fraction of sp³-hybridized carbons (Fsp3) is 0.600. The predicted octanol–water partition coefficient (Wildman–Crippen LogP) is 2.58. The average Bonchev–Trinajstić information content (AvgIpc) is 3.23. The molecule has 0 bridgehead atoms. The number of amides is 2. The highest BCUT2D eigenvalue weighted by Crippen LogP contribution is 2.31. The van der Waals surface area contributed by atoms with Crippen molar-refractivity contribution in [3.05, 3.63) is 18.2 Å². The molecule has 1 heterocycles. The molecular formula is C20H31N3O6S. The van der Waals surface area contributed by atoms with Crippen LogP contribution in [0.2, 0.25) is 0 Å². The fourth-order valence-electron chi connectivity index (χ4n) is 3.18. The van der Waals surface area contributed by atoms with Gasteiger partial charge < -0.3 is 20.1 Å². The van der Waals surface area contributed by atoms with E-state index < -0.39 is 28.1 Å². The van der Waals surface area contributed by atoms with Crippen LogP contribution in [0.1, 0.15) is 40.5 Å². The summed E-state index contributed by atoms with van der Waals surface area (Å²) in [5, 5.41) is 5.23. The summed E-state index contributed by atoms with van der Waals surface area (Å²) in [7, 11) is -3.75. The van der Waals surface area contributed by atoms with Crippen molar-refractivity contribution in [1.82, 2.24) is 9.62 Å². The summed E-state index contributed by atoms with van der Waals surface area (Å²) < 4.78 is 38.0. The number of carbonyl (C=O) groups is 2. The first-order chi connectivity index (χ1) is 14.2. The van der Waals surface area contributed by atoms with E-state index in [-0.39, 0.29) is 23.2 Å². The smallest absolute Gasteiger partial charge is 0.407 e. The Hall–Kier alpha value is -2.33. The number of anilines is 1. The maximum Gasteiger partial charge on any atom is 0.407 e. The lowest BCUT2D eigenvalue weighted by atomic mass is 10.0. The van der Waals surface area contributed by atoms with Crippen molar-refractivity contribution in [2.45, 2.75) is 51.5 Å². The molecule has 0 spiro atoms. The van der Waals surface area contributed by atoms with Gasteiger partial charge in [-0.25, -0.2) is 13.2 Å². The zero-order chi connectivity index (χ0) is 22.3. The van der Waals surface area contributed by atoms with Crippen molar-refractivity contribution in [2.75, 3.05) is 31.6 Å². The summed E-state index contributed by atoms with van der Waals surface area (Å²) >= 11 is 0. The second-order valence-electron chi connectivity index (χ2n) is 7.28. The van der Waals surface area contributed by atoms with Crippen molar-refractivity contribution in [3.8, 4) is 5.75 Å². The molecule has 9 nitrogen and oxygen atoms in total. The Morgan fingerprint density at radius 3 is 2.37 bits per heavy atom. The quantitative estimate of drug-likeness (QED) is 0.609. The molecule has 1 fully saturated rings. The Kier molecular flexibility index (Phi) is 8.48. The van der Waals surface area contributed by atoms with E-state index in [1.165, 1.54) is 16.4 Å². The van der Waals surface area contributed by atoms with Gasteiger partial charge in [0.2, 0.25) is 15.9 Å². The van der Waals surface area contributed by atoms with Gasteiger partial charge in [0.1, 0.15) is 16.7 Å². The molecule has 0 radical (unpaired) electrons. The highest BCUT2D eigenvalue weighted by molar-refractivity contribution is 7.89. The molecular weight excluding hydrogens is 410 g/mol. The lowest BCUT2D eigenvalue weighted by molar-refractivity contribution is -0.119. The summed E-state index contributed by atoms with van der Waals surface area (Å²) in [5.74, 6) is -0.427. The van der Waals surface area contributed by atoms with Gasteiger partial charge in [0.05, 0.1) is 13.2 Å². The number of nitrogens with zero attached hydrogens (tertiary/aromatic N) is 1.